The molecule has 0 unspecified atom stereocenters. The molecule has 2 aromatic carbocycles. The Kier molecular flexibility index (Phi) is 9.85. The number of hydrogen-bond donors (Lipinski definition) is 1. The molecular weight excluding hydrogens is 427 g/mol. The Labute approximate surface area is 187 Å². The second kappa shape index (κ2) is 12.1. The van der Waals surface area contributed by atoms with E-state index in [1.54, 1.807) is 24.0 Å². The molecule has 2 amide bonds. The third kappa shape index (κ3) is 7.57. The Morgan fingerprint density at radius 3 is 2.48 bits per heavy atom. The topological polar surface area (TPSA) is 49.4 Å². The van der Waals surface area contributed by atoms with Gasteiger partial charge >= 0.3 is 0 Å². The first-order chi connectivity index (χ1) is 13.9. The van der Waals surface area contributed by atoms with Gasteiger partial charge in [0.2, 0.25) is 11.8 Å². The molecule has 1 N–H and O–H groups in total. The summed E-state index contributed by atoms with van der Waals surface area (Å²) in [6, 6.07) is 14.4. The number of amides is 2. The van der Waals surface area contributed by atoms with Crippen LogP contribution < -0.4 is 5.32 Å². The molecule has 156 valence electrons. The molecule has 1 atom stereocenters. The number of nitrogens with one attached hydrogen (secondary N) is 1. The molecule has 0 aliphatic carbocycles. The van der Waals surface area contributed by atoms with Crippen LogP contribution in [-0.4, -0.2) is 35.1 Å². The van der Waals surface area contributed by atoms with Crippen LogP contribution >= 0.6 is 35.0 Å². The fourth-order valence-electron chi connectivity index (χ4n) is 2.70. The SMILES string of the molecule is CCCCNC(=O)[C@H](C)N(Cc1ccc(Cl)c(Cl)c1)C(=O)CSc1ccccc1. The van der Waals surface area contributed by atoms with Crippen LogP contribution in [0.4, 0.5) is 0 Å². The zero-order chi connectivity index (χ0) is 21.2. The van der Waals surface area contributed by atoms with Crippen LogP contribution in [0.3, 0.4) is 0 Å². The van der Waals surface area contributed by atoms with Crippen molar-refractivity contribution in [2.75, 3.05) is 12.3 Å². The third-order valence-electron chi connectivity index (χ3n) is 4.44. The lowest BCUT2D eigenvalue weighted by molar-refractivity contribution is -0.138. The molecule has 0 saturated carbocycles. The van der Waals surface area contributed by atoms with Crippen molar-refractivity contribution in [2.24, 2.45) is 0 Å². The van der Waals surface area contributed by atoms with E-state index in [2.05, 4.69) is 12.2 Å². The van der Waals surface area contributed by atoms with E-state index in [0.29, 0.717) is 16.6 Å². The van der Waals surface area contributed by atoms with Crippen molar-refractivity contribution in [1.82, 2.24) is 10.2 Å². The van der Waals surface area contributed by atoms with E-state index in [9.17, 15) is 9.59 Å². The number of nitrogens with zero attached hydrogens (tertiary/aromatic N) is 1. The lowest BCUT2D eigenvalue weighted by Gasteiger charge is -2.29. The van der Waals surface area contributed by atoms with Crippen molar-refractivity contribution in [1.29, 1.82) is 0 Å². The molecule has 7 heteroatoms. The highest BCUT2D eigenvalue weighted by Gasteiger charge is 2.26. The van der Waals surface area contributed by atoms with E-state index >= 15 is 0 Å². The zero-order valence-corrected chi connectivity index (χ0v) is 19.0. The quantitative estimate of drug-likeness (QED) is 0.386. The predicted octanol–water partition coefficient (Wildman–Crippen LogP) is 5.42. The van der Waals surface area contributed by atoms with Gasteiger partial charge in [-0.25, -0.2) is 0 Å². The van der Waals surface area contributed by atoms with Crippen molar-refractivity contribution < 1.29 is 9.59 Å². The Balaban J connectivity index is 2.13. The number of carbonyl (C=O) groups excluding carboxylic acids is 2. The van der Waals surface area contributed by atoms with Crippen LogP contribution in [0.15, 0.2) is 53.4 Å². The number of carbonyl (C=O) groups is 2. The minimum atomic E-state index is -0.592. The fraction of sp³-hybridized carbons (Fsp3) is 0.364. The van der Waals surface area contributed by atoms with Gasteiger partial charge in [-0.2, -0.15) is 0 Å². The number of halogens is 2. The summed E-state index contributed by atoms with van der Waals surface area (Å²) >= 11 is 13.6. The first kappa shape index (κ1) is 23.6. The summed E-state index contributed by atoms with van der Waals surface area (Å²) in [5.74, 6) is -0.0163. The molecule has 0 bridgehead atoms. The highest BCUT2D eigenvalue weighted by molar-refractivity contribution is 8.00. The average molecular weight is 453 g/mol. The van der Waals surface area contributed by atoms with Gasteiger partial charge < -0.3 is 10.2 Å². The molecule has 0 fully saturated rings. The number of thioether (sulfide) groups is 1. The summed E-state index contributed by atoms with van der Waals surface area (Å²) in [5, 5.41) is 3.79. The Morgan fingerprint density at radius 1 is 1.10 bits per heavy atom. The van der Waals surface area contributed by atoms with E-state index in [-0.39, 0.29) is 24.1 Å². The standard InChI is InChI=1S/C22H26Cl2N2O2S/c1-3-4-12-25-22(28)16(2)26(14-17-10-11-19(23)20(24)13-17)21(27)15-29-18-8-6-5-7-9-18/h5-11,13,16H,3-4,12,14-15H2,1-2H3,(H,25,28)/t16-/m0/s1. The highest BCUT2D eigenvalue weighted by atomic mass is 35.5. The lowest BCUT2D eigenvalue weighted by atomic mass is 10.1. The minimum absolute atomic E-state index is 0.108. The normalized spacial score (nSPS) is 11.7. The van der Waals surface area contributed by atoms with Crippen molar-refractivity contribution in [2.45, 2.75) is 44.2 Å². The molecule has 0 radical (unpaired) electrons. The van der Waals surface area contributed by atoms with Crippen LogP contribution in [-0.2, 0) is 16.1 Å². The van der Waals surface area contributed by atoms with Gasteiger partial charge in [0.05, 0.1) is 15.8 Å². The highest BCUT2D eigenvalue weighted by Crippen LogP contribution is 2.24. The number of rotatable bonds is 10. The van der Waals surface area contributed by atoms with Crippen molar-refractivity contribution in [3.05, 3.63) is 64.1 Å². The predicted molar refractivity (Wildman–Crippen MR) is 122 cm³/mol. The van der Waals surface area contributed by atoms with Gasteiger partial charge in [0, 0.05) is 18.0 Å². The van der Waals surface area contributed by atoms with Gasteiger partial charge in [0.25, 0.3) is 0 Å². The molecule has 29 heavy (non-hydrogen) atoms. The second-order valence-electron chi connectivity index (χ2n) is 6.69. The molecular formula is C22H26Cl2N2O2S. The largest absolute Gasteiger partial charge is 0.354 e. The minimum Gasteiger partial charge on any atom is -0.354 e. The average Bonchev–Trinajstić information content (AvgIpc) is 2.73. The number of hydrogen-bond acceptors (Lipinski definition) is 3. The zero-order valence-electron chi connectivity index (χ0n) is 16.7. The third-order valence-corrected chi connectivity index (χ3v) is 6.18. The van der Waals surface area contributed by atoms with Gasteiger partial charge in [0.15, 0.2) is 0 Å². The number of benzene rings is 2. The van der Waals surface area contributed by atoms with Crippen LogP contribution in [0.5, 0.6) is 0 Å². The first-order valence-electron chi connectivity index (χ1n) is 9.61. The molecule has 0 spiro atoms. The Bertz CT molecular complexity index is 818. The Morgan fingerprint density at radius 2 is 1.83 bits per heavy atom. The Hall–Kier alpha value is -1.69. The van der Waals surface area contributed by atoms with Crippen molar-refractivity contribution >= 4 is 46.8 Å². The summed E-state index contributed by atoms with van der Waals surface area (Å²) in [6.45, 7) is 4.71. The lowest BCUT2D eigenvalue weighted by Crippen LogP contribution is -2.48. The molecule has 0 aliphatic rings. The molecule has 2 rings (SSSR count). The molecule has 0 aliphatic heterocycles. The number of unbranched alkanes of at least 4 members (excludes halogenated alkanes) is 1. The van der Waals surface area contributed by atoms with E-state index in [4.69, 9.17) is 23.2 Å². The summed E-state index contributed by atoms with van der Waals surface area (Å²) < 4.78 is 0. The summed E-state index contributed by atoms with van der Waals surface area (Å²) in [6.07, 6.45) is 1.90. The maximum Gasteiger partial charge on any atom is 0.242 e. The van der Waals surface area contributed by atoms with Gasteiger partial charge in [0.1, 0.15) is 6.04 Å². The van der Waals surface area contributed by atoms with E-state index in [1.165, 1.54) is 11.8 Å². The van der Waals surface area contributed by atoms with Gasteiger partial charge in [-0.1, -0.05) is 60.8 Å². The van der Waals surface area contributed by atoms with E-state index in [0.717, 1.165) is 23.3 Å². The summed E-state index contributed by atoms with van der Waals surface area (Å²) in [4.78, 5) is 28.2. The molecule has 0 heterocycles. The molecule has 2 aromatic rings. The van der Waals surface area contributed by atoms with Crippen LogP contribution in [0, 0.1) is 0 Å². The fourth-order valence-corrected chi connectivity index (χ4v) is 3.82. The van der Waals surface area contributed by atoms with E-state index < -0.39 is 6.04 Å². The van der Waals surface area contributed by atoms with Gasteiger partial charge in [-0.3, -0.25) is 9.59 Å². The van der Waals surface area contributed by atoms with Crippen LogP contribution in [0.25, 0.3) is 0 Å². The monoisotopic (exact) mass is 452 g/mol. The van der Waals surface area contributed by atoms with Crippen LogP contribution in [0.1, 0.15) is 32.3 Å². The maximum absolute atomic E-state index is 13.0. The van der Waals surface area contributed by atoms with Crippen LogP contribution in [0.2, 0.25) is 10.0 Å². The van der Waals surface area contributed by atoms with E-state index in [1.807, 2.05) is 36.4 Å². The van der Waals surface area contributed by atoms with Crippen molar-refractivity contribution in [3.8, 4) is 0 Å². The summed E-state index contributed by atoms with van der Waals surface area (Å²) in [7, 11) is 0. The molecule has 0 saturated heterocycles. The molecule has 0 aromatic heterocycles. The first-order valence-corrected chi connectivity index (χ1v) is 11.4. The van der Waals surface area contributed by atoms with Crippen molar-refractivity contribution in [3.63, 3.8) is 0 Å². The van der Waals surface area contributed by atoms with Gasteiger partial charge in [-0.15, -0.1) is 11.8 Å². The molecule has 4 nitrogen and oxygen atoms in total. The second-order valence-corrected chi connectivity index (χ2v) is 8.56. The van der Waals surface area contributed by atoms with Gasteiger partial charge in [-0.05, 0) is 43.2 Å². The summed E-state index contributed by atoms with van der Waals surface area (Å²) in [5.41, 5.74) is 0.825. The smallest absolute Gasteiger partial charge is 0.242 e. The maximum atomic E-state index is 13.0.